The van der Waals surface area contributed by atoms with Crippen LogP contribution in [-0.4, -0.2) is 54.9 Å². The van der Waals surface area contributed by atoms with Gasteiger partial charge in [-0.3, -0.25) is 14.6 Å². The van der Waals surface area contributed by atoms with Crippen molar-refractivity contribution >= 4 is 29.2 Å². The lowest BCUT2D eigenvalue weighted by Crippen LogP contribution is -2.37. The Hall–Kier alpha value is -2.16. The van der Waals surface area contributed by atoms with E-state index in [0.29, 0.717) is 13.3 Å². The van der Waals surface area contributed by atoms with Crippen LogP contribution in [0.25, 0.3) is 0 Å². The average Bonchev–Trinajstić information content (AvgIpc) is 2.73. The summed E-state index contributed by atoms with van der Waals surface area (Å²) in [7, 11) is 3.10. The van der Waals surface area contributed by atoms with Crippen molar-refractivity contribution in [1.82, 2.24) is 14.9 Å². The van der Waals surface area contributed by atoms with Crippen molar-refractivity contribution in [3.63, 3.8) is 0 Å². The molecular weight excluding hydrogens is 376 g/mol. The van der Waals surface area contributed by atoms with Crippen LogP contribution >= 0.6 is 11.8 Å². The monoisotopic (exact) mass is 398 g/mol. The average molecular weight is 398 g/mol. The molecule has 2 radical (unpaired) electrons. The highest BCUT2D eigenvalue weighted by molar-refractivity contribution is 7.99. The first-order chi connectivity index (χ1) is 13.7. The van der Waals surface area contributed by atoms with Crippen LogP contribution in [0, 0.1) is 12.3 Å². The standard InChI is InChI=1S/C20H22N4O3S/c1-26-13-24-16-10-14(11-23-9-3-4-15(12-23)20(25)27-2)5-6-17(16)28-19-18(24)21-7-8-22-19/h4-8,10H,3,9,11-13H2,1-2H3. The summed E-state index contributed by atoms with van der Waals surface area (Å²) in [6.45, 7) is 2.69. The molecule has 0 N–H and O–H groups in total. The second-order valence-electron chi connectivity index (χ2n) is 6.66. The molecule has 0 atom stereocenters. The number of benzene rings is 1. The first-order valence-corrected chi connectivity index (χ1v) is 9.89. The summed E-state index contributed by atoms with van der Waals surface area (Å²) in [6.07, 6.45) is 6.23. The molecule has 8 heteroatoms. The van der Waals surface area contributed by atoms with E-state index in [4.69, 9.17) is 9.47 Å². The van der Waals surface area contributed by atoms with E-state index in [1.165, 1.54) is 12.7 Å². The first kappa shape index (κ1) is 19.2. The molecule has 1 aromatic carbocycles. The normalized spacial score (nSPS) is 17.1. The van der Waals surface area contributed by atoms with Gasteiger partial charge in [-0.25, -0.2) is 9.97 Å². The minimum Gasteiger partial charge on any atom is -0.469 e. The predicted octanol–water partition coefficient (Wildman–Crippen LogP) is 2.84. The van der Waals surface area contributed by atoms with Gasteiger partial charge in [-0.05, 0) is 37.1 Å². The van der Waals surface area contributed by atoms with Crippen molar-refractivity contribution in [2.45, 2.75) is 22.9 Å². The molecule has 1 aromatic heterocycles. The Labute approximate surface area is 169 Å². The number of esters is 1. The van der Waals surface area contributed by atoms with Crippen LogP contribution in [0.3, 0.4) is 0 Å². The molecular formula is C20H22N4O3S. The summed E-state index contributed by atoms with van der Waals surface area (Å²) in [6, 6.07) is 6.43. The molecule has 146 valence electrons. The van der Waals surface area contributed by atoms with Crippen LogP contribution in [0.4, 0.5) is 11.5 Å². The van der Waals surface area contributed by atoms with Crippen LogP contribution in [0.1, 0.15) is 12.0 Å². The molecule has 0 bridgehead atoms. The van der Waals surface area contributed by atoms with Gasteiger partial charge >= 0.3 is 5.97 Å². The highest BCUT2D eigenvalue weighted by Crippen LogP contribution is 2.46. The fraction of sp³-hybridized carbons (Fsp3) is 0.350. The van der Waals surface area contributed by atoms with Gasteiger partial charge in [0.1, 0.15) is 17.7 Å². The number of hydrogen-bond acceptors (Lipinski definition) is 8. The van der Waals surface area contributed by atoms with E-state index in [1.807, 2.05) is 11.3 Å². The fourth-order valence-electron chi connectivity index (χ4n) is 3.49. The van der Waals surface area contributed by atoms with Crippen LogP contribution in [0.15, 0.2) is 40.5 Å². The van der Waals surface area contributed by atoms with E-state index in [1.54, 1.807) is 31.3 Å². The Morgan fingerprint density at radius 2 is 2.11 bits per heavy atom. The molecule has 7 nitrogen and oxygen atoms in total. The summed E-state index contributed by atoms with van der Waals surface area (Å²) in [5, 5.41) is 0.878. The molecule has 3 heterocycles. The molecule has 28 heavy (non-hydrogen) atoms. The maximum atomic E-state index is 11.8. The zero-order chi connectivity index (χ0) is 19.5. The Balaban J connectivity index is 1.55. The number of hydrogen-bond donors (Lipinski definition) is 0. The topological polar surface area (TPSA) is 67.8 Å². The third-order valence-electron chi connectivity index (χ3n) is 4.76. The molecule has 4 rings (SSSR count). The first-order valence-electron chi connectivity index (χ1n) is 9.07. The zero-order valence-corrected chi connectivity index (χ0v) is 16.7. The molecule has 1 saturated heterocycles. The molecule has 1 fully saturated rings. The third-order valence-corrected chi connectivity index (χ3v) is 5.81. The Morgan fingerprint density at radius 1 is 1.25 bits per heavy atom. The molecule has 0 unspecified atom stereocenters. The van der Waals surface area contributed by atoms with Gasteiger partial charge in [-0.15, -0.1) is 0 Å². The lowest BCUT2D eigenvalue weighted by Gasteiger charge is -2.32. The van der Waals surface area contributed by atoms with Gasteiger partial charge in [0.2, 0.25) is 0 Å². The van der Waals surface area contributed by atoms with Gasteiger partial charge in [0.05, 0.1) is 12.8 Å². The van der Waals surface area contributed by atoms with Gasteiger partial charge in [0.25, 0.3) is 0 Å². The number of anilines is 2. The van der Waals surface area contributed by atoms with E-state index in [9.17, 15) is 4.79 Å². The Kier molecular flexibility index (Phi) is 5.79. The van der Waals surface area contributed by atoms with Gasteiger partial charge in [-0.2, -0.15) is 0 Å². The van der Waals surface area contributed by atoms with Gasteiger partial charge in [0, 0.05) is 37.5 Å². The number of ether oxygens (including phenoxy) is 2. The van der Waals surface area contributed by atoms with Gasteiger partial charge in [-0.1, -0.05) is 17.8 Å². The number of aromatic nitrogens is 2. The Bertz CT molecular complexity index is 863. The summed E-state index contributed by atoms with van der Waals surface area (Å²) in [4.78, 5) is 26.2. The minimum absolute atomic E-state index is 0.243. The number of carbonyl (C=O) groups is 1. The van der Waals surface area contributed by atoms with E-state index in [0.717, 1.165) is 46.9 Å². The van der Waals surface area contributed by atoms with Crippen molar-refractivity contribution in [3.8, 4) is 0 Å². The smallest absolute Gasteiger partial charge is 0.314 e. The second kappa shape index (κ2) is 8.46. The molecule has 2 aliphatic heterocycles. The Morgan fingerprint density at radius 3 is 2.93 bits per heavy atom. The van der Waals surface area contributed by atoms with Crippen LogP contribution in [0.5, 0.6) is 0 Å². The molecule has 2 aromatic rings. The lowest BCUT2D eigenvalue weighted by atomic mass is 9.97. The molecule has 0 amide bonds. The number of carbonyl (C=O) groups excluding carboxylic acids is 1. The highest BCUT2D eigenvalue weighted by Gasteiger charge is 2.29. The minimum atomic E-state index is -0.243. The van der Waals surface area contributed by atoms with Crippen molar-refractivity contribution in [3.05, 3.63) is 48.5 Å². The largest absolute Gasteiger partial charge is 0.469 e. The van der Waals surface area contributed by atoms with E-state index in [2.05, 4.69) is 33.1 Å². The van der Waals surface area contributed by atoms with Crippen LogP contribution < -0.4 is 4.90 Å². The fourth-order valence-corrected chi connectivity index (χ4v) is 4.48. The van der Waals surface area contributed by atoms with Gasteiger partial charge in [0.15, 0.2) is 5.82 Å². The van der Waals surface area contributed by atoms with Crippen molar-refractivity contribution < 1.29 is 14.3 Å². The quantitative estimate of drug-likeness (QED) is 0.713. The molecule has 0 aliphatic carbocycles. The zero-order valence-electron chi connectivity index (χ0n) is 15.9. The molecule has 2 aliphatic rings. The van der Waals surface area contributed by atoms with Crippen molar-refractivity contribution in [1.29, 1.82) is 0 Å². The van der Waals surface area contributed by atoms with Gasteiger partial charge < -0.3 is 9.47 Å². The SMILES string of the molecule is COCN1c2cc(CN3CC[CH][C](C(=O)OC)C3)ccc2Sc2nccnc21. The molecule has 0 saturated carbocycles. The molecule has 0 spiro atoms. The van der Waals surface area contributed by atoms with Crippen LogP contribution in [0.2, 0.25) is 0 Å². The number of likely N-dealkylation sites (tertiary alicyclic amines) is 1. The summed E-state index contributed by atoms with van der Waals surface area (Å²) < 4.78 is 10.3. The third kappa shape index (κ3) is 3.85. The summed E-state index contributed by atoms with van der Waals surface area (Å²) in [5.41, 5.74) is 2.25. The second-order valence-corrected chi connectivity index (χ2v) is 7.69. The highest BCUT2D eigenvalue weighted by atomic mass is 32.2. The van der Waals surface area contributed by atoms with Crippen LogP contribution in [-0.2, 0) is 20.8 Å². The maximum Gasteiger partial charge on any atom is 0.314 e. The van der Waals surface area contributed by atoms with Crippen molar-refractivity contribution in [2.24, 2.45) is 0 Å². The number of methoxy groups -OCH3 is 2. The van der Waals surface area contributed by atoms with E-state index in [-0.39, 0.29) is 5.97 Å². The summed E-state index contributed by atoms with van der Waals surface area (Å²) in [5.74, 6) is 1.30. The number of rotatable bonds is 5. The number of piperidine rings is 1. The predicted molar refractivity (Wildman–Crippen MR) is 106 cm³/mol. The number of nitrogens with zero attached hydrogens (tertiary/aromatic N) is 4. The van der Waals surface area contributed by atoms with E-state index < -0.39 is 0 Å². The lowest BCUT2D eigenvalue weighted by molar-refractivity contribution is -0.138. The van der Waals surface area contributed by atoms with E-state index >= 15 is 0 Å². The van der Waals surface area contributed by atoms with Crippen molar-refractivity contribution in [2.75, 3.05) is 38.9 Å². The number of fused-ring (bicyclic) bond motifs is 2. The maximum absolute atomic E-state index is 11.8. The summed E-state index contributed by atoms with van der Waals surface area (Å²) >= 11 is 1.62.